The molecule has 0 bridgehead atoms. The standard InChI is InChI=1S/C31H26ClN7O11S4/c1-4-39(20-8-7-9-22(16-20)52(43,44)6-3)31-35-29(32)34-30(36-31)33-24-17-23(53(45,46)47)14-18-15-25(54(48,49)50)27(28(40)26(18)24)38-37-19-10-12-21(13-11-19)51(41,42)5-2/h5-17,40H,2-4H2,1H3,(H,45,46,47)(H,48,49,50)(H,33,34,35,36). The second-order valence-corrected chi connectivity index (χ2v) is 17.7. The van der Waals surface area contributed by atoms with Crippen LogP contribution in [0.2, 0.25) is 5.28 Å². The Labute approximate surface area is 313 Å². The molecule has 4 aromatic carbocycles. The Morgan fingerprint density at radius 2 is 1.44 bits per heavy atom. The van der Waals surface area contributed by atoms with Crippen molar-refractivity contribution < 1.29 is 47.9 Å². The van der Waals surface area contributed by atoms with Gasteiger partial charge in [0.15, 0.2) is 25.4 Å². The number of phenols is 1. The van der Waals surface area contributed by atoms with Gasteiger partial charge in [-0.2, -0.15) is 36.9 Å². The number of fused-ring (bicyclic) bond motifs is 1. The summed E-state index contributed by atoms with van der Waals surface area (Å²) in [6.45, 7) is 8.43. The molecule has 4 N–H and O–H groups in total. The van der Waals surface area contributed by atoms with Crippen molar-refractivity contribution in [3.63, 3.8) is 0 Å². The number of hydrogen-bond donors (Lipinski definition) is 4. The summed E-state index contributed by atoms with van der Waals surface area (Å²) in [5.74, 6) is -1.46. The Morgan fingerprint density at radius 3 is 2.04 bits per heavy atom. The van der Waals surface area contributed by atoms with Crippen LogP contribution in [0.5, 0.6) is 5.75 Å². The van der Waals surface area contributed by atoms with Crippen LogP contribution in [0.25, 0.3) is 10.8 Å². The van der Waals surface area contributed by atoms with Crippen molar-refractivity contribution in [3.8, 4) is 5.75 Å². The van der Waals surface area contributed by atoms with Gasteiger partial charge in [0.05, 0.1) is 26.1 Å². The Balaban J connectivity index is 1.69. The maximum atomic E-state index is 12.5. The van der Waals surface area contributed by atoms with E-state index < -0.39 is 66.4 Å². The topological polar surface area (TPSA) is 276 Å². The van der Waals surface area contributed by atoms with Crippen LogP contribution in [0.4, 0.5) is 34.6 Å². The number of nitrogens with zero attached hydrogens (tertiary/aromatic N) is 6. The lowest BCUT2D eigenvalue weighted by molar-refractivity contribution is 0.472. The fourth-order valence-corrected chi connectivity index (χ4v) is 7.72. The molecule has 0 aliphatic carbocycles. The first-order chi connectivity index (χ1) is 25.2. The molecule has 5 rings (SSSR count). The Kier molecular flexibility index (Phi) is 10.9. The highest BCUT2D eigenvalue weighted by Crippen LogP contribution is 2.46. The van der Waals surface area contributed by atoms with Gasteiger partial charge in [-0.15, -0.1) is 5.11 Å². The predicted octanol–water partition coefficient (Wildman–Crippen LogP) is 6.03. The fourth-order valence-electron chi connectivity index (χ4n) is 4.91. The van der Waals surface area contributed by atoms with Crippen LogP contribution in [0.1, 0.15) is 6.92 Å². The minimum absolute atomic E-state index is 0.0145. The van der Waals surface area contributed by atoms with Gasteiger partial charge in [0, 0.05) is 28.4 Å². The molecule has 0 saturated carbocycles. The van der Waals surface area contributed by atoms with Crippen LogP contribution in [0.3, 0.4) is 0 Å². The normalized spacial score (nSPS) is 12.5. The SMILES string of the molecule is C=CS(=O)(=O)c1ccc(N=Nc2c(S(=O)(=O)O)cc3cc(S(=O)(=O)O)cc(Nc4nc(Cl)nc(N(CC)c5cccc(S(=O)(=O)C=C)c5)n4)c3c2O)cc1. The molecule has 1 heterocycles. The van der Waals surface area contributed by atoms with E-state index in [1.54, 1.807) is 13.0 Å². The molecule has 1 aromatic heterocycles. The molecule has 282 valence electrons. The molecule has 0 atom stereocenters. The average molecular weight is 836 g/mol. The molecule has 0 unspecified atom stereocenters. The van der Waals surface area contributed by atoms with E-state index in [9.17, 15) is 47.9 Å². The molecule has 0 aliphatic rings. The van der Waals surface area contributed by atoms with Gasteiger partial charge in [-0.25, -0.2) is 16.8 Å². The summed E-state index contributed by atoms with van der Waals surface area (Å²) in [6.07, 6.45) is 0. The number of halogens is 1. The number of hydrogen-bond acceptors (Lipinski definition) is 16. The molecule has 5 aromatic rings. The average Bonchev–Trinajstić information content (AvgIpc) is 3.10. The van der Waals surface area contributed by atoms with Crippen molar-refractivity contribution in [1.29, 1.82) is 0 Å². The van der Waals surface area contributed by atoms with Gasteiger partial charge in [0.1, 0.15) is 10.6 Å². The van der Waals surface area contributed by atoms with Gasteiger partial charge in [-0.05, 0) is 84.6 Å². The first-order valence-corrected chi connectivity index (χ1v) is 21.2. The quantitative estimate of drug-likeness (QED) is 0.0778. The van der Waals surface area contributed by atoms with Crippen LogP contribution in [0, 0.1) is 0 Å². The molecular formula is C31H26ClN7O11S4. The van der Waals surface area contributed by atoms with Crippen LogP contribution in [-0.2, 0) is 39.9 Å². The largest absolute Gasteiger partial charge is 0.505 e. The van der Waals surface area contributed by atoms with Crippen molar-refractivity contribution in [2.45, 2.75) is 26.5 Å². The highest BCUT2D eigenvalue weighted by atomic mass is 35.5. The van der Waals surface area contributed by atoms with Crippen molar-refractivity contribution in [3.05, 3.63) is 96.0 Å². The number of anilines is 4. The summed E-state index contributed by atoms with van der Waals surface area (Å²) in [5, 5.41) is 22.3. The third-order valence-corrected chi connectivity index (χ3v) is 12.0. The zero-order valence-electron chi connectivity index (χ0n) is 27.4. The van der Waals surface area contributed by atoms with E-state index >= 15 is 0 Å². The highest BCUT2D eigenvalue weighted by Gasteiger charge is 2.26. The lowest BCUT2D eigenvalue weighted by Gasteiger charge is -2.22. The van der Waals surface area contributed by atoms with E-state index in [0.717, 1.165) is 29.0 Å². The van der Waals surface area contributed by atoms with Gasteiger partial charge < -0.3 is 15.3 Å². The zero-order chi connectivity index (χ0) is 39.8. The molecule has 0 amide bonds. The molecule has 23 heteroatoms. The number of benzene rings is 4. The van der Waals surface area contributed by atoms with Crippen molar-refractivity contribution in [1.82, 2.24) is 15.0 Å². The third kappa shape index (κ3) is 8.38. The lowest BCUT2D eigenvalue weighted by Crippen LogP contribution is -2.20. The molecule has 0 radical (unpaired) electrons. The summed E-state index contributed by atoms with van der Waals surface area (Å²) in [7, 11) is -17.8. The van der Waals surface area contributed by atoms with Crippen molar-refractivity contribution >= 4 is 96.9 Å². The Bertz CT molecular complexity index is 2840. The van der Waals surface area contributed by atoms with Gasteiger partial charge in [0.25, 0.3) is 20.2 Å². The minimum atomic E-state index is -5.20. The molecule has 0 spiro atoms. The number of aromatic nitrogens is 3. The van der Waals surface area contributed by atoms with Crippen LogP contribution in [-0.4, -0.2) is 69.4 Å². The first kappa shape index (κ1) is 39.8. The van der Waals surface area contributed by atoms with E-state index in [-0.39, 0.29) is 50.4 Å². The van der Waals surface area contributed by atoms with E-state index in [1.165, 1.54) is 47.4 Å². The Morgan fingerprint density at radius 1 is 0.796 bits per heavy atom. The summed E-state index contributed by atoms with van der Waals surface area (Å²) in [6, 6.07) is 12.9. The van der Waals surface area contributed by atoms with E-state index in [0.29, 0.717) is 5.69 Å². The maximum absolute atomic E-state index is 12.5. The fraction of sp³-hybridized carbons (Fsp3) is 0.0645. The molecule has 0 saturated heterocycles. The predicted molar refractivity (Wildman–Crippen MR) is 198 cm³/mol. The smallest absolute Gasteiger partial charge is 0.296 e. The number of azo groups is 1. The minimum Gasteiger partial charge on any atom is -0.505 e. The lowest BCUT2D eigenvalue weighted by atomic mass is 10.1. The Hall–Kier alpha value is -5.36. The van der Waals surface area contributed by atoms with Gasteiger partial charge in [0.2, 0.25) is 17.2 Å². The molecule has 0 fully saturated rings. The number of nitrogens with one attached hydrogen (secondary N) is 1. The summed E-state index contributed by atoms with van der Waals surface area (Å²) in [4.78, 5) is 11.9. The second-order valence-electron chi connectivity index (χ2n) is 10.8. The number of sulfone groups is 2. The highest BCUT2D eigenvalue weighted by molar-refractivity contribution is 7.94. The number of aromatic hydroxyl groups is 1. The van der Waals surface area contributed by atoms with Crippen LogP contribution in [0.15, 0.2) is 121 Å². The molecule has 18 nitrogen and oxygen atoms in total. The number of rotatable bonds is 13. The third-order valence-electron chi connectivity index (χ3n) is 7.43. The monoisotopic (exact) mass is 835 g/mol. The summed E-state index contributed by atoms with van der Waals surface area (Å²) < 4.78 is 119. The van der Waals surface area contributed by atoms with E-state index in [4.69, 9.17) is 11.6 Å². The van der Waals surface area contributed by atoms with Crippen molar-refractivity contribution in [2.75, 3.05) is 16.8 Å². The molecule has 0 aliphatic heterocycles. The number of phenolic OH excluding ortho intramolecular Hbond substituents is 1. The van der Waals surface area contributed by atoms with Crippen molar-refractivity contribution in [2.24, 2.45) is 10.2 Å². The second kappa shape index (κ2) is 14.8. The van der Waals surface area contributed by atoms with Gasteiger partial charge in [-0.3, -0.25) is 9.11 Å². The maximum Gasteiger partial charge on any atom is 0.296 e. The zero-order valence-corrected chi connectivity index (χ0v) is 31.5. The van der Waals surface area contributed by atoms with E-state index in [1.807, 2.05) is 0 Å². The summed E-state index contributed by atoms with van der Waals surface area (Å²) in [5.41, 5.74) is -0.879. The van der Waals surface area contributed by atoms with E-state index in [2.05, 4.69) is 43.7 Å². The van der Waals surface area contributed by atoms with Gasteiger partial charge in [-0.1, -0.05) is 19.2 Å². The van der Waals surface area contributed by atoms with Crippen LogP contribution < -0.4 is 10.2 Å². The first-order valence-electron chi connectivity index (χ1n) is 14.8. The molecule has 54 heavy (non-hydrogen) atoms. The van der Waals surface area contributed by atoms with Gasteiger partial charge >= 0.3 is 0 Å². The molecular weight excluding hydrogens is 810 g/mol. The summed E-state index contributed by atoms with van der Waals surface area (Å²) >= 11 is 6.24. The van der Waals surface area contributed by atoms with Crippen LogP contribution >= 0.6 is 11.6 Å².